The highest BCUT2D eigenvalue weighted by molar-refractivity contribution is 7.92. The van der Waals surface area contributed by atoms with Crippen molar-refractivity contribution in [3.63, 3.8) is 0 Å². The lowest BCUT2D eigenvalue weighted by Gasteiger charge is -2.23. The van der Waals surface area contributed by atoms with Gasteiger partial charge in [-0.15, -0.1) is 11.3 Å². The zero-order valence-electron chi connectivity index (χ0n) is 27.3. The Morgan fingerprint density at radius 2 is 1.58 bits per heavy atom. The molecule has 0 bridgehead atoms. The number of nitrogens with one attached hydrogen (secondary N) is 4. The van der Waals surface area contributed by atoms with E-state index in [9.17, 15) is 22.8 Å². The summed E-state index contributed by atoms with van der Waals surface area (Å²) in [5.74, 6) is -1.21. The summed E-state index contributed by atoms with van der Waals surface area (Å²) in [7, 11) is -2.35. The van der Waals surface area contributed by atoms with Crippen molar-refractivity contribution < 1.29 is 22.8 Å². The van der Waals surface area contributed by atoms with E-state index < -0.39 is 33.9 Å². The van der Waals surface area contributed by atoms with Crippen LogP contribution in [0.5, 0.6) is 0 Å². The molecule has 0 saturated carbocycles. The van der Waals surface area contributed by atoms with Gasteiger partial charge in [0.25, 0.3) is 11.8 Å². The Morgan fingerprint density at radius 3 is 2.19 bits per heavy atom. The molecule has 3 amide bonds. The third kappa shape index (κ3) is 10.4. The molecule has 0 aliphatic rings. The van der Waals surface area contributed by atoms with Crippen LogP contribution in [0.25, 0.3) is 0 Å². The molecule has 12 nitrogen and oxygen atoms in total. The maximum atomic E-state index is 13.7. The Labute approximate surface area is 285 Å². The number of hydrogen-bond donors (Lipinski definition) is 5. The zero-order chi connectivity index (χ0) is 34.8. The van der Waals surface area contributed by atoms with Gasteiger partial charge in [0, 0.05) is 54.8 Å². The van der Waals surface area contributed by atoms with Gasteiger partial charge in [-0.25, -0.2) is 13.4 Å². The molecular formula is C34H41N7O5S2. The third-order valence-electron chi connectivity index (χ3n) is 7.73. The van der Waals surface area contributed by atoms with Gasteiger partial charge in [-0.1, -0.05) is 42.5 Å². The molecule has 0 spiro atoms. The molecule has 0 fully saturated rings. The van der Waals surface area contributed by atoms with Crippen molar-refractivity contribution in [1.29, 1.82) is 0 Å². The summed E-state index contributed by atoms with van der Waals surface area (Å²) in [5.41, 5.74) is 11.0. The minimum Gasteiger partial charge on any atom is -0.399 e. The van der Waals surface area contributed by atoms with E-state index in [-0.39, 0.29) is 35.3 Å². The molecule has 6 N–H and O–H groups in total. The molecule has 14 heteroatoms. The van der Waals surface area contributed by atoms with Crippen LogP contribution in [-0.2, 0) is 27.8 Å². The molecule has 254 valence electrons. The van der Waals surface area contributed by atoms with Crippen molar-refractivity contribution >= 4 is 50.5 Å². The molecule has 3 atom stereocenters. The number of nitrogen functional groups attached to an aromatic ring is 1. The molecule has 1 heterocycles. The van der Waals surface area contributed by atoms with Crippen molar-refractivity contribution in [1.82, 2.24) is 26.3 Å². The van der Waals surface area contributed by atoms with Crippen LogP contribution in [0.3, 0.4) is 0 Å². The van der Waals surface area contributed by atoms with Gasteiger partial charge in [0.05, 0.1) is 35.2 Å². The highest BCUT2D eigenvalue weighted by Crippen LogP contribution is 2.22. The summed E-state index contributed by atoms with van der Waals surface area (Å²) < 4.78 is 25.9. The monoisotopic (exact) mass is 691 g/mol. The maximum absolute atomic E-state index is 13.7. The SMILES string of the molecule is C[C@H](NC[C@H](Cc1cscn1)NC(=O)c1cc(C(=O)N[C@H](C)c2ccccc2)cc(N(C)S(C)(=O)=O)c1)C(=O)NCc1ccc(N)cc1. The van der Waals surface area contributed by atoms with Gasteiger partial charge in [-0.3, -0.25) is 18.7 Å². The molecule has 4 rings (SSSR count). The number of rotatable bonds is 15. The Balaban J connectivity index is 1.51. The lowest BCUT2D eigenvalue weighted by molar-refractivity contribution is -0.122. The van der Waals surface area contributed by atoms with Crippen molar-refractivity contribution in [2.24, 2.45) is 0 Å². The van der Waals surface area contributed by atoms with E-state index in [2.05, 4.69) is 26.3 Å². The van der Waals surface area contributed by atoms with Gasteiger partial charge in [0.15, 0.2) is 0 Å². The van der Waals surface area contributed by atoms with Crippen LogP contribution >= 0.6 is 11.3 Å². The number of sulfonamides is 1. The number of nitrogens with two attached hydrogens (primary N) is 1. The van der Waals surface area contributed by atoms with Crippen molar-refractivity contribution in [2.75, 3.05) is 29.9 Å². The van der Waals surface area contributed by atoms with Gasteiger partial charge < -0.3 is 27.0 Å². The van der Waals surface area contributed by atoms with Gasteiger partial charge >= 0.3 is 0 Å². The Morgan fingerprint density at radius 1 is 0.938 bits per heavy atom. The quantitative estimate of drug-likeness (QED) is 0.118. The highest BCUT2D eigenvalue weighted by atomic mass is 32.2. The average molecular weight is 692 g/mol. The summed E-state index contributed by atoms with van der Waals surface area (Å²) in [5, 5.41) is 13.9. The topological polar surface area (TPSA) is 176 Å². The van der Waals surface area contributed by atoms with E-state index in [0.717, 1.165) is 27.4 Å². The van der Waals surface area contributed by atoms with Gasteiger partial charge in [0.2, 0.25) is 15.9 Å². The fourth-order valence-electron chi connectivity index (χ4n) is 4.77. The summed E-state index contributed by atoms with van der Waals surface area (Å²) in [6.07, 6.45) is 1.41. The highest BCUT2D eigenvalue weighted by Gasteiger charge is 2.23. The second kappa shape index (κ2) is 16.4. The molecule has 1 aromatic heterocycles. The van der Waals surface area contributed by atoms with Crippen LogP contribution in [0.1, 0.15) is 57.4 Å². The lowest BCUT2D eigenvalue weighted by Crippen LogP contribution is -2.49. The smallest absolute Gasteiger partial charge is 0.251 e. The number of aromatic nitrogens is 1. The summed E-state index contributed by atoms with van der Waals surface area (Å²) in [6, 6.07) is 19.5. The normalized spacial score (nSPS) is 13.2. The predicted molar refractivity (Wildman–Crippen MR) is 189 cm³/mol. The number of hydrogen-bond acceptors (Lipinski definition) is 9. The fraction of sp³-hybridized carbons (Fsp3) is 0.294. The zero-order valence-corrected chi connectivity index (χ0v) is 28.9. The van der Waals surface area contributed by atoms with E-state index in [1.807, 2.05) is 54.8 Å². The van der Waals surface area contributed by atoms with E-state index in [1.54, 1.807) is 24.6 Å². The first kappa shape index (κ1) is 36.1. The minimum absolute atomic E-state index is 0.0954. The lowest BCUT2D eigenvalue weighted by atomic mass is 10.0. The van der Waals surface area contributed by atoms with Gasteiger partial charge in [-0.2, -0.15) is 0 Å². The summed E-state index contributed by atoms with van der Waals surface area (Å²) >= 11 is 1.42. The summed E-state index contributed by atoms with van der Waals surface area (Å²) in [4.78, 5) is 44.3. The van der Waals surface area contributed by atoms with Gasteiger partial charge in [0.1, 0.15) is 0 Å². The van der Waals surface area contributed by atoms with E-state index in [0.29, 0.717) is 18.7 Å². The third-order valence-corrected chi connectivity index (χ3v) is 9.58. The molecule has 0 aliphatic heterocycles. The molecular weight excluding hydrogens is 651 g/mol. The molecule has 0 radical (unpaired) electrons. The Hall–Kier alpha value is -4.79. The van der Waals surface area contributed by atoms with Crippen molar-refractivity contribution in [3.8, 4) is 0 Å². The fourth-order valence-corrected chi connectivity index (χ4v) is 5.83. The number of thiazole rings is 1. The van der Waals surface area contributed by atoms with Gasteiger partial charge in [-0.05, 0) is 55.3 Å². The molecule has 3 aromatic carbocycles. The molecule has 0 unspecified atom stereocenters. The summed E-state index contributed by atoms with van der Waals surface area (Å²) in [6.45, 7) is 4.13. The minimum atomic E-state index is -3.71. The number of benzene rings is 3. The van der Waals surface area contributed by atoms with Crippen LogP contribution < -0.4 is 31.3 Å². The first-order chi connectivity index (χ1) is 22.8. The molecule has 0 saturated heterocycles. The van der Waals surface area contributed by atoms with E-state index in [1.165, 1.54) is 36.6 Å². The number of nitrogens with zero attached hydrogens (tertiary/aromatic N) is 2. The van der Waals surface area contributed by atoms with Crippen molar-refractivity contribution in [3.05, 3.63) is 112 Å². The van der Waals surface area contributed by atoms with Crippen molar-refractivity contribution in [2.45, 2.75) is 44.9 Å². The Bertz CT molecular complexity index is 1800. The first-order valence-corrected chi connectivity index (χ1v) is 18.1. The number of carbonyl (C=O) groups excluding carboxylic acids is 3. The van der Waals surface area contributed by atoms with Crippen LogP contribution in [0.4, 0.5) is 11.4 Å². The Kier molecular flexibility index (Phi) is 12.3. The van der Waals surface area contributed by atoms with E-state index >= 15 is 0 Å². The maximum Gasteiger partial charge on any atom is 0.251 e. The number of anilines is 2. The molecule has 0 aliphatic carbocycles. The van der Waals surface area contributed by atoms with E-state index in [4.69, 9.17) is 5.73 Å². The second-order valence-electron chi connectivity index (χ2n) is 11.5. The number of amides is 3. The second-order valence-corrected chi connectivity index (χ2v) is 14.3. The first-order valence-electron chi connectivity index (χ1n) is 15.3. The molecule has 48 heavy (non-hydrogen) atoms. The predicted octanol–water partition coefficient (Wildman–Crippen LogP) is 3.25. The largest absolute Gasteiger partial charge is 0.399 e. The molecule has 4 aromatic rings. The standard InChI is InChI=1S/C34H41N7O5S2/c1-22(25-8-6-5-7-9-25)39-33(43)26-14-27(16-31(15-26)41(3)48(4,45)46)34(44)40-29(17-30-20-47-21-38-30)19-36-23(2)32(42)37-18-24-10-12-28(35)13-11-24/h5-16,20-23,29,36H,17-19,35H2,1-4H3,(H,37,42)(H,39,43)(H,40,44)/t22-,23+,29+/m1/s1. The van der Waals surface area contributed by atoms with Crippen LogP contribution in [-0.4, -0.2) is 63.1 Å². The average Bonchev–Trinajstić information content (AvgIpc) is 3.59. The van der Waals surface area contributed by atoms with Crippen LogP contribution in [0.15, 0.2) is 83.7 Å². The number of carbonyl (C=O) groups is 3. The van der Waals surface area contributed by atoms with Crippen LogP contribution in [0, 0.1) is 0 Å². The van der Waals surface area contributed by atoms with Crippen LogP contribution in [0.2, 0.25) is 0 Å².